The van der Waals surface area contributed by atoms with Gasteiger partial charge in [0.05, 0.1) is 10.6 Å². The summed E-state index contributed by atoms with van der Waals surface area (Å²) in [6, 6.07) is 28.6. The zero-order valence-corrected chi connectivity index (χ0v) is 28.6. The van der Waals surface area contributed by atoms with E-state index in [1.54, 1.807) is 54.6 Å². The number of halogens is 2. The summed E-state index contributed by atoms with van der Waals surface area (Å²) in [5.74, 6) is -0.835. The molecule has 1 aliphatic rings. The fourth-order valence-corrected chi connectivity index (χ4v) is 7.69. The monoisotopic (exact) mass is 691 g/mol. The van der Waals surface area contributed by atoms with E-state index < -0.39 is 28.5 Å². The quantitative estimate of drug-likeness (QED) is 0.166. The fraction of sp³-hybridized carbons (Fsp3) is 0.297. The second-order valence-electron chi connectivity index (χ2n) is 11.9. The molecule has 4 aromatic rings. The molecule has 0 heterocycles. The lowest BCUT2D eigenvalue weighted by Gasteiger charge is -2.35. The Bertz CT molecular complexity index is 1780. The number of anilines is 1. The van der Waals surface area contributed by atoms with Gasteiger partial charge in [-0.25, -0.2) is 8.42 Å². The second kappa shape index (κ2) is 15.8. The maximum Gasteiger partial charge on any atom is 0.264 e. The van der Waals surface area contributed by atoms with Crippen molar-refractivity contribution >= 4 is 50.7 Å². The molecule has 1 aliphatic carbocycles. The SMILES string of the molecule is Cc1ccc(N(CC(=O)N(Cc2ccccc2Cl)[C@H](Cc2ccccc2)C(=O)NC2CCCCC2)S(=O)(=O)c2ccccc2)cc1Cl. The summed E-state index contributed by atoms with van der Waals surface area (Å²) in [6.45, 7) is 1.25. The van der Waals surface area contributed by atoms with Gasteiger partial charge < -0.3 is 10.2 Å². The van der Waals surface area contributed by atoms with Gasteiger partial charge in [-0.05, 0) is 66.8 Å². The first kappa shape index (κ1) is 34.5. The van der Waals surface area contributed by atoms with Crippen LogP contribution < -0.4 is 9.62 Å². The molecule has 4 aromatic carbocycles. The van der Waals surface area contributed by atoms with Crippen LogP contribution in [0, 0.1) is 6.92 Å². The summed E-state index contributed by atoms with van der Waals surface area (Å²) < 4.78 is 29.4. The Morgan fingerprint density at radius 1 is 0.830 bits per heavy atom. The minimum Gasteiger partial charge on any atom is -0.352 e. The smallest absolute Gasteiger partial charge is 0.264 e. The third kappa shape index (κ3) is 8.74. The first-order valence-corrected chi connectivity index (χ1v) is 18.0. The predicted octanol–water partition coefficient (Wildman–Crippen LogP) is 7.59. The van der Waals surface area contributed by atoms with Crippen molar-refractivity contribution in [2.75, 3.05) is 10.8 Å². The zero-order valence-electron chi connectivity index (χ0n) is 26.3. The molecular weight excluding hydrogens is 653 g/mol. The normalized spacial score (nSPS) is 14.3. The standard InChI is InChI=1S/C37H39Cl2N3O4S/c1-27-21-22-31(24-34(27)39)42(47(45,46)32-18-9-4-10-19-32)26-36(43)41(25-29-15-11-12-20-33(29)38)35(23-28-13-5-2-6-14-28)37(44)40-30-16-7-3-8-17-30/h2,4-6,9-15,18-22,24,30,35H,3,7-8,16-17,23,25-26H2,1H3,(H,40,44)/t35-/m1/s1. The van der Waals surface area contributed by atoms with Gasteiger partial charge in [0.1, 0.15) is 12.6 Å². The number of benzene rings is 4. The largest absolute Gasteiger partial charge is 0.352 e. The van der Waals surface area contributed by atoms with Gasteiger partial charge in [-0.1, -0.05) is 115 Å². The summed E-state index contributed by atoms with van der Waals surface area (Å²) >= 11 is 13.1. The third-order valence-corrected chi connectivity index (χ3v) is 11.1. The van der Waals surface area contributed by atoms with Crippen molar-refractivity contribution in [1.29, 1.82) is 0 Å². The van der Waals surface area contributed by atoms with Crippen LogP contribution in [0.25, 0.3) is 0 Å². The number of hydrogen-bond donors (Lipinski definition) is 1. The van der Waals surface area contributed by atoms with E-state index in [0.29, 0.717) is 15.6 Å². The first-order chi connectivity index (χ1) is 22.6. The lowest BCUT2D eigenvalue weighted by Crippen LogP contribution is -2.55. The average Bonchev–Trinajstić information content (AvgIpc) is 3.08. The molecule has 0 aromatic heterocycles. The molecule has 2 amide bonds. The van der Waals surface area contributed by atoms with Crippen molar-refractivity contribution in [2.45, 2.75) is 69.0 Å². The van der Waals surface area contributed by atoms with Crippen LogP contribution in [0.1, 0.15) is 48.8 Å². The van der Waals surface area contributed by atoms with Crippen molar-refractivity contribution in [2.24, 2.45) is 0 Å². The van der Waals surface area contributed by atoms with Crippen LogP contribution in [0.5, 0.6) is 0 Å². The molecular formula is C37H39Cl2N3O4S. The van der Waals surface area contributed by atoms with Gasteiger partial charge in [-0.3, -0.25) is 13.9 Å². The lowest BCUT2D eigenvalue weighted by atomic mass is 9.94. The van der Waals surface area contributed by atoms with Crippen LogP contribution in [-0.4, -0.2) is 43.8 Å². The van der Waals surface area contributed by atoms with Crippen LogP contribution in [0.4, 0.5) is 5.69 Å². The molecule has 10 heteroatoms. The Morgan fingerprint density at radius 2 is 1.47 bits per heavy atom. The minimum atomic E-state index is -4.22. The van der Waals surface area contributed by atoms with Crippen LogP contribution in [-0.2, 0) is 32.6 Å². The molecule has 0 bridgehead atoms. The molecule has 0 spiro atoms. The van der Waals surface area contributed by atoms with E-state index in [0.717, 1.165) is 47.5 Å². The minimum absolute atomic E-state index is 0.00196. The number of aryl methyl sites for hydroxylation is 1. The van der Waals surface area contributed by atoms with E-state index in [2.05, 4.69) is 5.32 Å². The second-order valence-corrected chi connectivity index (χ2v) is 14.6. The van der Waals surface area contributed by atoms with E-state index in [9.17, 15) is 18.0 Å². The number of nitrogens with one attached hydrogen (secondary N) is 1. The molecule has 1 atom stereocenters. The molecule has 5 rings (SSSR count). The summed E-state index contributed by atoms with van der Waals surface area (Å²) in [5.41, 5.74) is 2.51. The van der Waals surface area contributed by atoms with Gasteiger partial charge in [0.15, 0.2) is 0 Å². The number of nitrogens with zero attached hydrogens (tertiary/aromatic N) is 2. The first-order valence-electron chi connectivity index (χ1n) is 15.8. The number of amides is 2. The third-order valence-electron chi connectivity index (χ3n) is 8.57. The number of carbonyl (C=O) groups is 2. The van der Waals surface area contributed by atoms with Gasteiger partial charge >= 0.3 is 0 Å². The maximum absolute atomic E-state index is 14.7. The summed E-state index contributed by atoms with van der Waals surface area (Å²) in [4.78, 5) is 30.4. The van der Waals surface area contributed by atoms with Crippen LogP contribution >= 0.6 is 23.2 Å². The Kier molecular flexibility index (Phi) is 11.6. The van der Waals surface area contributed by atoms with Gasteiger partial charge in [-0.15, -0.1) is 0 Å². The van der Waals surface area contributed by atoms with Crippen LogP contribution in [0.2, 0.25) is 10.0 Å². The van der Waals surface area contributed by atoms with Crippen molar-refractivity contribution < 1.29 is 18.0 Å². The van der Waals surface area contributed by atoms with E-state index >= 15 is 0 Å². The maximum atomic E-state index is 14.7. The van der Waals surface area contributed by atoms with Crippen LogP contribution in [0.15, 0.2) is 108 Å². The number of carbonyl (C=O) groups excluding carboxylic acids is 2. The van der Waals surface area contributed by atoms with Crippen molar-refractivity contribution in [3.8, 4) is 0 Å². The van der Waals surface area contributed by atoms with Crippen molar-refractivity contribution in [3.05, 3.63) is 130 Å². The molecule has 1 N–H and O–H groups in total. The Hall–Kier alpha value is -3.85. The Balaban J connectivity index is 1.58. The molecule has 0 unspecified atom stereocenters. The Labute approximate surface area is 287 Å². The highest BCUT2D eigenvalue weighted by molar-refractivity contribution is 7.92. The highest BCUT2D eigenvalue weighted by atomic mass is 35.5. The summed E-state index contributed by atoms with van der Waals surface area (Å²) in [5, 5.41) is 4.02. The van der Waals surface area contributed by atoms with Gasteiger partial charge in [0.25, 0.3) is 10.0 Å². The highest BCUT2D eigenvalue weighted by Crippen LogP contribution is 2.29. The number of hydrogen-bond acceptors (Lipinski definition) is 4. The van der Waals surface area contributed by atoms with E-state index in [1.807, 2.05) is 43.3 Å². The predicted molar refractivity (Wildman–Crippen MR) is 188 cm³/mol. The molecule has 1 fully saturated rings. The number of sulfonamides is 1. The highest BCUT2D eigenvalue weighted by Gasteiger charge is 2.35. The topological polar surface area (TPSA) is 86.8 Å². The molecule has 246 valence electrons. The molecule has 0 aliphatic heterocycles. The van der Waals surface area contributed by atoms with Crippen LogP contribution in [0.3, 0.4) is 0 Å². The van der Waals surface area contributed by atoms with Gasteiger partial charge in [0, 0.05) is 29.1 Å². The molecule has 0 saturated heterocycles. The van der Waals surface area contributed by atoms with E-state index in [1.165, 1.54) is 17.0 Å². The molecule has 7 nitrogen and oxygen atoms in total. The fourth-order valence-electron chi connectivity index (χ4n) is 5.89. The lowest BCUT2D eigenvalue weighted by molar-refractivity contribution is -0.140. The summed E-state index contributed by atoms with van der Waals surface area (Å²) in [7, 11) is -4.22. The molecule has 0 radical (unpaired) electrons. The molecule has 1 saturated carbocycles. The van der Waals surface area contributed by atoms with Crippen molar-refractivity contribution in [1.82, 2.24) is 10.2 Å². The zero-order chi connectivity index (χ0) is 33.4. The van der Waals surface area contributed by atoms with Gasteiger partial charge in [-0.2, -0.15) is 0 Å². The van der Waals surface area contributed by atoms with E-state index in [4.69, 9.17) is 23.2 Å². The van der Waals surface area contributed by atoms with Gasteiger partial charge in [0.2, 0.25) is 11.8 Å². The number of rotatable bonds is 12. The summed E-state index contributed by atoms with van der Waals surface area (Å²) in [6.07, 6.45) is 5.17. The van der Waals surface area contributed by atoms with Crippen molar-refractivity contribution in [3.63, 3.8) is 0 Å². The molecule has 47 heavy (non-hydrogen) atoms. The average molecular weight is 693 g/mol. The van der Waals surface area contributed by atoms with E-state index in [-0.39, 0.29) is 35.5 Å². The Morgan fingerprint density at radius 3 is 2.13 bits per heavy atom.